The molecule has 3 heteroatoms. The number of hydrogen-bond acceptors (Lipinski definition) is 3. The van der Waals surface area contributed by atoms with Gasteiger partial charge in [0.2, 0.25) is 0 Å². The van der Waals surface area contributed by atoms with Crippen LogP contribution < -0.4 is 0 Å². The summed E-state index contributed by atoms with van der Waals surface area (Å²) in [6, 6.07) is 10.1. The van der Waals surface area contributed by atoms with E-state index in [0.717, 1.165) is 63.4 Å². The van der Waals surface area contributed by atoms with E-state index < -0.39 is 5.60 Å². The first-order chi connectivity index (χ1) is 11.5. The molecule has 0 bridgehead atoms. The third-order valence-electron chi connectivity index (χ3n) is 7.50. The summed E-state index contributed by atoms with van der Waals surface area (Å²) in [5, 5.41) is 31.7. The second-order valence-corrected chi connectivity index (χ2v) is 8.58. The van der Waals surface area contributed by atoms with Gasteiger partial charge in [0.25, 0.3) is 0 Å². The molecule has 3 N–H and O–H groups in total. The maximum atomic E-state index is 11.0. The summed E-state index contributed by atoms with van der Waals surface area (Å²) >= 11 is 0. The Balaban J connectivity index is 1.41. The van der Waals surface area contributed by atoms with Crippen LogP contribution in [0.15, 0.2) is 30.3 Å². The average Bonchev–Trinajstić information content (AvgIpc) is 2.62. The number of benzene rings is 1. The summed E-state index contributed by atoms with van der Waals surface area (Å²) in [4.78, 5) is 0. The van der Waals surface area contributed by atoms with E-state index in [-0.39, 0.29) is 17.6 Å². The van der Waals surface area contributed by atoms with E-state index in [1.807, 2.05) is 30.3 Å². The molecule has 1 aromatic rings. The van der Waals surface area contributed by atoms with E-state index in [4.69, 9.17) is 0 Å². The van der Waals surface area contributed by atoms with Crippen LogP contribution in [0, 0.1) is 17.3 Å². The van der Waals surface area contributed by atoms with Crippen molar-refractivity contribution in [2.24, 2.45) is 17.3 Å². The van der Waals surface area contributed by atoms with Gasteiger partial charge in [0.05, 0.1) is 17.8 Å². The lowest BCUT2D eigenvalue weighted by atomic mass is 9.52. The van der Waals surface area contributed by atoms with E-state index in [0.29, 0.717) is 11.8 Å². The average molecular weight is 330 g/mol. The first-order valence-electron chi connectivity index (χ1n) is 9.68. The van der Waals surface area contributed by atoms with Crippen LogP contribution in [0.1, 0.15) is 63.4 Å². The topological polar surface area (TPSA) is 60.7 Å². The van der Waals surface area contributed by atoms with Crippen molar-refractivity contribution in [3.8, 4) is 0 Å². The number of hydrogen-bond donors (Lipinski definition) is 3. The summed E-state index contributed by atoms with van der Waals surface area (Å²) in [6.07, 6.45) is 7.86. The summed E-state index contributed by atoms with van der Waals surface area (Å²) in [5.41, 5.74) is 0.170. The second kappa shape index (κ2) is 6.12. The third-order valence-corrected chi connectivity index (χ3v) is 7.50. The Morgan fingerprint density at radius 2 is 1.42 bits per heavy atom. The predicted molar refractivity (Wildman–Crippen MR) is 93.3 cm³/mol. The van der Waals surface area contributed by atoms with Gasteiger partial charge in [-0.1, -0.05) is 30.3 Å². The van der Waals surface area contributed by atoms with Crippen LogP contribution in [0.5, 0.6) is 0 Å². The van der Waals surface area contributed by atoms with Crippen molar-refractivity contribution >= 4 is 0 Å². The van der Waals surface area contributed by atoms with E-state index in [9.17, 15) is 15.3 Å². The number of aliphatic hydroxyl groups is 3. The van der Waals surface area contributed by atoms with E-state index in [1.54, 1.807) is 0 Å². The van der Waals surface area contributed by atoms with E-state index in [2.05, 4.69) is 0 Å². The molecule has 0 saturated heterocycles. The lowest BCUT2D eigenvalue weighted by Gasteiger charge is -2.56. The lowest BCUT2D eigenvalue weighted by molar-refractivity contribution is -0.174. The molecule has 0 aromatic heterocycles. The fourth-order valence-corrected chi connectivity index (χ4v) is 5.69. The third kappa shape index (κ3) is 2.61. The maximum absolute atomic E-state index is 11.0. The molecule has 1 spiro atoms. The number of rotatable bonds is 2. The normalized spacial score (nSPS) is 45.8. The van der Waals surface area contributed by atoms with Gasteiger partial charge in [0.1, 0.15) is 0 Å². The van der Waals surface area contributed by atoms with Gasteiger partial charge in [-0.3, -0.25) is 0 Å². The minimum absolute atomic E-state index is 0.212. The van der Waals surface area contributed by atoms with E-state index >= 15 is 0 Å². The van der Waals surface area contributed by atoms with Crippen molar-refractivity contribution < 1.29 is 15.3 Å². The van der Waals surface area contributed by atoms with Gasteiger partial charge in [-0.2, -0.15) is 0 Å². The SMILES string of the molecule is OC1CCC(C2CCC(O)(c3ccccc3)CC2)CC12CCC2O. The first kappa shape index (κ1) is 16.6. The van der Waals surface area contributed by atoms with Crippen LogP contribution in [0.25, 0.3) is 0 Å². The molecular weight excluding hydrogens is 300 g/mol. The minimum Gasteiger partial charge on any atom is -0.392 e. The Bertz CT molecular complexity index is 564. The zero-order chi connectivity index (χ0) is 16.8. The van der Waals surface area contributed by atoms with Gasteiger partial charge in [-0.25, -0.2) is 0 Å². The van der Waals surface area contributed by atoms with E-state index in [1.165, 1.54) is 0 Å². The predicted octanol–water partition coefficient (Wildman–Crippen LogP) is 3.37. The lowest BCUT2D eigenvalue weighted by Crippen LogP contribution is -2.56. The molecule has 132 valence electrons. The Hall–Kier alpha value is -0.900. The standard InChI is InChI=1S/C21H30O3/c22-18-7-6-16(14-20(18)11-10-19(20)23)15-8-12-21(24,13-9-15)17-4-2-1-3-5-17/h1-5,15-16,18-19,22-24H,6-14H2. The quantitative estimate of drug-likeness (QED) is 0.779. The van der Waals surface area contributed by atoms with Crippen molar-refractivity contribution in [1.29, 1.82) is 0 Å². The molecule has 4 unspecified atom stereocenters. The fourth-order valence-electron chi connectivity index (χ4n) is 5.69. The largest absolute Gasteiger partial charge is 0.392 e. The van der Waals surface area contributed by atoms with Crippen molar-refractivity contribution in [2.75, 3.05) is 0 Å². The van der Waals surface area contributed by atoms with Crippen LogP contribution in [-0.2, 0) is 5.60 Å². The Morgan fingerprint density at radius 3 is 2.00 bits per heavy atom. The van der Waals surface area contributed by atoms with Crippen LogP contribution in [-0.4, -0.2) is 27.5 Å². The summed E-state index contributed by atoms with van der Waals surface area (Å²) in [6.45, 7) is 0. The molecule has 3 nitrogen and oxygen atoms in total. The first-order valence-corrected chi connectivity index (χ1v) is 9.68. The summed E-state index contributed by atoms with van der Waals surface area (Å²) in [5.74, 6) is 1.23. The molecule has 0 aliphatic heterocycles. The minimum atomic E-state index is -0.667. The fraction of sp³-hybridized carbons (Fsp3) is 0.714. The van der Waals surface area contributed by atoms with Gasteiger partial charge >= 0.3 is 0 Å². The highest BCUT2D eigenvalue weighted by Crippen LogP contribution is 2.56. The Labute approximate surface area is 144 Å². The molecule has 3 fully saturated rings. The van der Waals surface area contributed by atoms with Gasteiger partial charge in [-0.05, 0) is 75.2 Å². The van der Waals surface area contributed by atoms with Crippen molar-refractivity contribution in [3.63, 3.8) is 0 Å². The van der Waals surface area contributed by atoms with Crippen LogP contribution >= 0.6 is 0 Å². The molecule has 3 aliphatic carbocycles. The Morgan fingerprint density at radius 1 is 0.750 bits per heavy atom. The van der Waals surface area contributed by atoms with Gasteiger partial charge in [-0.15, -0.1) is 0 Å². The molecule has 3 aliphatic rings. The van der Waals surface area contributed by atoms with Crippen molar-refractivity contribution in [2.45, 2.75) is 75.6 Å². The second-order valence-electron chi connectivity index (χ2n) is 8.58. The highest BCUT2D eigenvalue weighted by atomic mass is 16.3. The van der Waals surface area contributed by atoms with Gasteiger partial charge < -0.3 is 15.3 Å². The molecule has 0 amide bonds. The zero-order valence-corrected chi connectivity index (χ0v) is 14.4. The molecule has 4 rings (SSSR count). The van der Waals surface area contributed by atoms with Crippen LogP contribution in [0.3, 0.4) is 0 Å². The maximum Gasteiger partial charge on any atom is 0.0896 e. The zero-order valence-electron chi connectivity index (χ0n) is 14.4. The summed E-state index contributed by atoms with van der Waals surface area (Å²) in [7, 11) is 0. The summed E-state index contributed by atoms with van der Waals surface area (Å²) < 4.78 is 0. The molecule has 24 heavy (non-hydrogen) atoms. The molecule has 4 atom stereocenters. The van der Waals surface area contributed by atoms with Crippen LogP contribution in [0.2, 0.25) is 0 Å². The van der Waals surface area contributed by atoms with Crippen molar-refractivity contribution in [3.05, 3.63) is 35.9 Å². The molecule has 0 heterocycles. The van der Waals surface area contributed by atoms with Gasteiger partial charge in [0, 0.05) is 5.41 Å². The molecular formula is C21H30O3. The molecule has 0 radical (unpaired) electrons. The van der Waals surface area contributed by atoms with Crippen molar-refractivity contribution in [1.82, 2.24) is 0 Å². The number of aliphatic hydroxyl groups excluding tert-OH is 2. The Kier molecular flexibility index (Phi) is 4.22. The molecule has 1 aromatic carbocycles. The monoisotopic (exact) mass is 330 g/mol. The smallest absolute Gasteiger partial charge is 0.0896 e. The van der Waals surface area contributed by atoms with Gasteiger partial charge in [0.15, 0.2) is 0 Å². The highest BCUT2D eigenvalue weighted by Gasteiger charge is 2.55. The van der Waals surface area contributed by atoms with Crippen LogP contribution in [0.4, 0.5) is 0 Å². The molecule has 3 saturated carbocycles. The highest BCUT2D eigenvalue weighted by molar-refractivity contribution is 5.23.